The zero-order valence-electron chi connectivity index (χ0n) is 9.64. The van der Waals surface area contributed by atoms with Crippen LogP contribution in [0.2, 0.25) is 0 Å². The summed E-state index contributed by atoms with van der Waals surface area (Å²) < 4.78 is 28.0. The first kappa shape index (κ1) is 13.6. The van der Waals surface area contributed by atoms with Crippen molar-refractivity contribution in [2.45, 2.75) is 4.90 Å². The summed E-state index contributed by atoms with van der Waals surface area (Å²) in [6.07, 6.45) is 6.24. The Morgan fingerprint density at radius 1 is 1.47 bits per heavy atom. The van der Waals surface area contributed by atoms with Crippen LogP contribution in [0.5, 0.6) is 5.75 Å². The van der Waals surface area contributed by atoms with Crippen molar-refractivity contribution in [3.05, 3.63) is 24.3 Å². The highest BCUT2D eigenvalue weighted by molar-refractivity contribution is 7.90. The predicted octanol–water partition coefficient (Wildman–Crippen LogP) is 0.692. The Kier molecular flexibility index (Phi) is 5.01. The van der Waals surface area contributed by atoms with Crippen LogP contribution in [-0.4, -0.2) is 34.4 Å². The Morgan fingerprint density at radius 3 is 2.88 bits per heavy atom. The van der Waals surface area contributed by atoms with Gasteiger partial charge in [0.1, 0.15) is 12.4 Å². The molecule has 0 bridgehead atoms. The van der Waals surface area contributed by atoms with E-state index < -0.39 is 9.84 Å². The van der Waals surface area contributed by atoms with Gasteiger partial charge in [-0.25, -0.2) is 8.42 Å². The second-order valence-corrected chi connectivity index (χ2v) is 5.49. The minimum absolute atomic E-state index is 0.256. The van der Waals surface area contributed by atoms with E-state index in [0.717, 1.165) is 0 Å². The van der Waals surface area contributed by atoms with E-state index in [4.69, 9.17) is 11.2 Å². The number of rotatable bonds is 6. The van der Waals surface area contributed by atoms with Crippen LogP contribution in [0.25, 0.3) is 0 Å². The number of sulfone groups is 1. The molecule has 0 unspecified atom stereocenters. The molecule has 1 rings (SSSR count). The fourth-order valence-corrected chi connectivity index (χ4v) is 1.85. The number of hydrogen-bond acceptors (Lipinski definition) is 4. The molecular weight excluding hydrogens is 238 g/mol. The molecule has 0 aliphatic rings. The predicted molar refractivity (Wildman–Crippen MR) is 66.7 cm³/mol. The van der Waals surface area contributed by atoms with Crippen LogP contribution >= 0.6 is 0 Å². The molecule has 1 N–H and O–H groups in total. The highest BCUT2D eigenvalue weighted by Gasteiger charge is 2.07. The summed E-state index contributed by atoms with van der Waals surface area (Å²) >= 11 is 0. The minimum Gasteiger partial charge on any atom is -0.492 e. The number of hydrogen-bond donors (Lipinski definition) is 1. The van der Waals surface area contributed by atoms with Gasteiger partial charge in [0.05, 0.1) is 11.4 Å². The molecule has 0 fully saturated rings. The summed E-state index contributed by atoms with van der Waals surface area (Å²) in [7, 11) is -3.19. The summed E-state index contributed by atoms with van der Waals surface area (Å²) in [5.74, 6) is 2.99. The fourth-order valence-electron chi connectivity index (χ4n) is 1.20. The summed E-state index contributed by atoms with van der Waals surface area (Å²) in [4.78, 5) is 0.256. The van der Waals surface area contributed by atoms with Gasteiger partial charge in [0.2, 0.25) is 0 Å². The lowest BCUT2D eigenvalue weighted by Crippen LogP contribution is -2.21. The largest absolute Gasteiger partial charge is 0.492 e. The van der Waals surface area contributed by atoms with Crippen molar-refractivity contribution in [2.24, 2.45) is 0 Å². The van der Waals surface area contributed by atoms with Crippen molar-refractivity contribution in [3.8, 4) is 18.1 Å². The van der Waals surface area contributed by atoms with Crippen molar-refractivity contribution in [3.63, 3.8) is 0 Å². The lowest BCUT2D eigenvalue weighted by Gasteiger charge is -2.07. The zero-order chi connectivity index (χ0) is 12.7. The highest BCUT2D eigenvalue weighted by Crippen LogP contribution is 2.16. The van der Waals surface area contributed by atoms with Crippen LogP contribution in [0.15, 0.2) is 29.2 Å². The van der Waals surface area contributed by atoms with E-state index in [1.54, 1.807) is 18.2 Å². The molecule has 0 amide bonds. The van der Waals surface area contributed by atoms with Crippen molar-refractivity contribution >= 4 is 9.84 Å². The van der Waals surface area contributed by atoms with Crippen LogP contribution in [0.1, 0.15) is 0 Å². The third-order valence-electron chi connectivity index (χ3n) is 2.01. The van der Waals surface area contributed by atoms with Crippen molar-refractivity contribution < 1.29 is 13.2 Å². The molecule has 1 aromatic carbocycles. The van der Waals surface area contributed by atoms with Gasteiger partial charge in [-0.2, -0.15) is 0 Å². The molecule has 0 aliphatic carbocycles. The third kappa shape index (κ3) is 4.89. The van der Waals surface area contributed by atoms with Crippen LogP contribution in [-0.2, 0) is 9.84 Å². The van der Waals surface area contributed by atoms with Gasteiger partial charge < -0.3 is 10.1 Å². The Morgan fingerprint density at radius 2 is 2.24 bits per heavy atom. The summed E-state index contributed by atoms with van der Waals surface area (Å²) in [6, 6.07) is 6.42. The third-order valence-corrected chi connectivity index (χ3v) is 3.12. The van der Waals surface area contributed by atoms with Crippen LogP contribution in [0, 0.1) is 12.3 Å². The van der Waals surface area contributed by atoms with E-state index in [0.29, 0.717) is 25.4 Å². The van der Waals surface area contributed by atoms with E-state index in [9.17, 15) is 8.42 Å². The van der Waals surface area contributed by atoms with E-state index in [-0.39, 0.29) is 4.90 Å². The lowest BCUT2D eigenvalue weighted by molar-refractivity contribution is 0.316. The average molecular weight is 253 g/mol. The fraction of sp³-hybridized carbons (Fsp3) is 0.333. The van der Waals surface area contributed by atoms with Crippen molar-refractivity contribution in [1.29, 1.82) is 0 Å². The smallest absolute Gasteiger partial charge is 0.175 e. The summed E-state index contributed by atoms with van der Waals surface area (Å²) in [6.45, 7) is 1.55. The van der Waals surface area contributed by atoms with Gasteiger partial charge in [0.15, 0.2) is 9.84 Å². The molecule has 0 atom stereocenters. The quantitative estimate of drug-likeness (QED) is 0.599. The maximum atomic E-state index is 11.3. The second kappa shape index (κ2) is 6.28. The Labute approximate surface area is 102 Å². The molecule has 0 saturated carbocycles. The topological polar surface area (TPSA) is 55.4 Å². The summed E-state index contributed by atoms with van der Waals surface area (Å²) in [5, 5.41) is 2.97. The molecule has 0 aliphatic heterocycles. The molecule has 0 spiro atoms. The van der Waals surface area contributed by atoms with Gasteiger partial charge in [0, 0.05) is 12.8 Å². The maximum absolute atomic E-state index is 11.3. The Hall–Kier alpha value is -1.51. The lowest BCUT2D eigenvalue weighted by atomic mass is 10.3. The number of ether oxygens (including phenoxy) is 1. The van der Waals surface area contributed by atoms with E-state index >= 15 is 0 Å². The number of benzene rings is 1. The highest BCUT2D eigenvalue weighted by atomic mass is 32.2. The van der Waals surface area contributed by atoms with Gasteiger partial charge in [-0.15, -0.1) is 6.42 Å². The Balaban J connectivity index is 2.53. The van der Waals surface area contributed by atoms with Crippen LogP contribution in [0.3, 0.4) is 0 Å². The van der Waals surface area contributed by atoms with Crippen molar-refractivity contribution in [2.75, 3.05) is 26.0 Å². The summed E-state index contributed by atoms with van der Waals surface area (Å²) in [5.41, 5.74) is 0. The second-order valence-electron chi connectivity index (χ2n) is 3.48. The minimum atomic E-state index is -3.19. The molecule has 4 nitrogen and oxygen atoms in total. The SMILES string of the molecule is C#CCNCCOc1cccc(S(C)(=O)=O)c1. The van der Waals surface area contributed by atoms with Crippen LogP contribution in [0.4, 0.5) is 0 Å². The molecule has 0 saturated heterocycles. The van der Waals surface area contributed by atoms with Gasteiger partial charge in [-0.05, 0) is 18.2 Å². The molecule has 17 heavy (non-hydrogen) atoms. The van der Waals surface area contributed by atoms with E-state index in [2.05, 4.69) is 11.2 Å². The molecule has 92 valence electrons. The molecule has 1 aromatic rings. The number of terminal acetylenes is 1. The average Bonchev–Trinajstić information content (AvgIpc) is 2.28. The van der Waals surface area contributed by atoms with E-state index in [1.165, 1.54) is 12.3 Å². The van der Waals surface area contributed by atoms with Gasteiger partial charge in [-0.1, -0.05) is 12.0 Å². The standard InChI is InChI=1S/C12H15NO3S/c1-3-7-13-8-9-16-11-5-4-6-12(10-11)17(2,14)15/h1,4-6,10,13H,7-9H2,2H3. The normalized spacial score (nSPS) is 10.8. The molecular formula is C12H15NO3S. The monoisotopic (exact) mass is 253 g/mol. The first-order valence-corrected chi connectivity index (χ1v) is 7.00. The van der Waals surface area contributed by atoms with E-state index in [1.807, 2.05) is 0 Å². The molecule has 0 aromatic heterocycles. The van der Waals surface area contributed by atoms with Gasteiger partial charge in [-0.3, -0.25) is 0 Å². The Bertz CT molecular complexity index is 503. The molecule has 5 heteroatoms. The number of nitrogens with one attached hydrogen (secondary N) is 1. The first-order chi connectivity index (χ1) is 8.04. The van der Waals surface area contributed by atoms with Crippen LogP contribution < -0.4 is 10.1 Å². The van der Waals surface area contributed by atoms with Crippen molar-refractivity contribution in [1.82, 2.24) is 5.32 Å². The van der Waals surface area contributed by atoms with Gasteiger partial charge >= 0.3 is 0 Å². The molecule has 0 heterocycles. The molecule has 0 radical (unpaired) electrons. The maximum Gasteiger partial charge on any atom is 0.175 e. The zero-order valence-corrected chi connectivity index (χ0v) is 10.5. The van der Waals surface area contributed by atoms with Gasteiger partial charge in [0.25, 0.3) is 0 Å². The first-order valence-electron chi connectivity index (χ1n) is 5.11.